The van der Waals surface area contributed by atoms with E-state index in [2.05, 4.69) is 10.6 Å². The van der Waals surface area contributed by atoms with Crippen molar-refractivity contribution in [1.29, 1.82) is 0 Å². The van der Waals surface area contributed by atoms with Crippen LogP contribution in [0, 0.1) is 5.92 Å². The second kappa shape index (κ2) is 8.29. The zero-order valence-corrected chi connectivity index (χ0v) is 14.1. The molecule has 2 rings (SSSR count). The Balaban J connectivity index is 1.79. The van der Waals surface area contributed by atoms with Gasteiger partial charge >= 0.3 is 6.03 Å². The molecule has 0 aromatic carbocycles. The number of carbonyl (C=O) groups is 3. The van der Waals surface area contributed by atoms with Crippen molar-refractivity contribution in [3.63, 3.8) is 0 Å². The molecule has 23 heavy (non-hydrogen) atoms. The van der Waals surface area contributed by atoms with Crippen molar-refractivity contribution in [2.75, 3.05) is 33.2 Å². The fourth-order valence-corrected chi connectivity index (χ4v) is 3.38. The molecule has 130 valence electrons. The first-order chi connectivity index (χ1) is 11.0. The monoisotopic (exact) mass is 324 g/mol. The van der Waals surface area contributed by atoms with Crippen LogP contribution in [0.25, 0.3) is 0 Å². The van der Waals surface area contributed by atoms with Gasteiger partial charge in [-0.1, -0.05) is 19.3 Å². The molecule has 2 fully saturated rings. The van der Waals surface area contributed by atoms with Gasteiger partial charge in [0, 0.05) is 39.1 Å². The molecule has 1 heterocycles. The lowest BCUT2D eigenvalue weighted by molar-refractivity contribution is -0.139. The number of piperazine rings is 1. The number of nitrogens with zero attached hydrogens (tertiary/aromatic N) is 2. The lowest BCUT2D eigenvalue weighted by Gasteiger charge is -2.39. The van der Waals surface area contributed by atoms with Crippen molar-refractivity contribution in [1.82, 2.24) is 20.4 Å². The smallest absolute Gasteiger partial charge is 0.321 e. The van der Waals surface area contributed by atoms with Crippen LogP contribution in [0.5, 0.6) is 0 Å². The van der Waals surface area contributed by atoms with Crippen molar-refractivity contribution >= 4 is 17.8 Å². The lowest BCUT2D eigenvalue weighted by Crippen LogP contribution is -2.56. The average molecular weight is 324 g/mol. The Labute approximate surface area is 137 Å². The highest BCUT2D eigenvalue weighted by Gasteiger charge is 2.31. The summed E-state index contributed by atoms with van der Waals surface area (Å²) in [6, 6.07) is -0.868. The molecule has 2 aliphatic rings. The number of hydrogen-bond donors (Lipinski definition) is 2. The Hall–Kier alpha value is -1.63. The number of carbonyl (C=O) groups excluding carboxylic acids is 3. The number of nitrogens with one attached hydrogen (secondary N) is 2. The second-order valence-corrected chi connectivity index (χ2v) is 6.44. The molecule has 0 radical (unpaired) electrons. The maximum Gasteiger partial charge on any atom is 0.321 e. The third-order valence-corrected chi connectivity index (χ3v) is 4.97. The molecule has 4 amide bonds. The third-order valence-electron chi connectivity index (χ3n) is 4.97. The van der Waals surface area contributed by atoms with Gasteiger partial charge in [0.2, 0.25) is 11.8 Å². The van der Waals surface area contributed by atoms with Gasteiger partial charge in [-0.25, -0.2) is 4.79 Å². The fraction of sp³-hybridized carbons (Fsp3) is 0.812. The van der Waals surface area contributed by atoms with Gasteiger partial charge in [-0.05, 0) is 19.8 Å². The van der Waals surface area contributed by atoms with Gasteiger partial charge < -0.3 is 10.2 Å². The summed E-state index contributed by atoms with van der Waals surface area (Å²) in [6.07, 6.45) is 5.60. The summed E-state index contributed by atoms with van der Waals surface area (Å²) in [5.41, 5.74) is 0. The summed E-state index contributed by atoms with van der Waals surface area (Å²) in [7, 11) is 1.48. The highest BCUT2D eigenvalue weighted by molar-refractivity contribution is 5.96. The molecule has 0 aromatic heterocycles. The Kier molecular flexibility index (Phi) is 6.38. The minimum atomic E-state index is -0.493. The number of urea groups is 1. The normalized spacial score (nSPS) is 21.6. The first-order valence-electron chi connectivity index (χ1n) is 8.58. The Morgan fingerprint density at radius 3 is 2.17 bits per heavy atom. The first-order valence-corrected chi connectivity index (χ1v) is 8.58. The maximum atomic E-state index is 12.5. The van der Waals surface area contributed by atoms with Crippen LogP contribution in [0.15, 0.2) is 0 Å². The van der Waals surface area contributed by atoms with E-state index in [1.807, 2.05) is 9.80 Å². The summed E-state index contributed by atoms with van der Waals surface area (Å²) < 4.78 is 0. The van der Waals surface area contributed by atoms with Crippen LogP contribution in [0.2, 0.25) is 0 Å². The summed E-state index contributed by atoms with van der Waals surface area (Å²) in [5.74, 6) is 0.174. The van der Waals surface area contributed by atoms with Gasteiger partial charge in [0.15, 0.2) is 0 Å². The topological polar surface area (TPSA) is 81.8 Å². The molecule has 0 spiro atoms. The standard InChI is InChI=1S/C16H28N4O3/c1-12(14(21)18-16(23)17-2)19-8-10-20(11-9-19)15(22)13-6-4-3-5-7-13/h12-13H,3-11H2,1-2H3,(H2,17,18,21,23). The van der Waals surface area contributed by atoms with E-state index < -0.39 is 6.03 Å². The largest absolute Gasteiger partial charge is 0.341 e. The highest BCUT2D eigenvalue weighted by atomic mass is 16.2. The fourth-order valence-electron chi connectivity index (χ4n) is 3.38. The van der Waals surface area contributed by atoms with Gasteiger partial charge in [-0.3, -0.25) is 19.8 Å². The SMILES string of the molecule is CNC(=O)NC(=O)C(C)N1CCN(C(=O)C2CCCCC2)CC1. The summed E-state index contributed by atoms with van der Waals surface area (Å²) in [5, 5.41) is 4.67. The average Bonchev–Trinajstić information content (AvgIpc) is 2.61. The predicted molar refractivity (Wildman–Crippen MR) is 86.8 cm³/mol. The van der Waals surface area contributed by atoms with Crippen molar-refractivity contribution in [3.8, 4) is 0 Å². The molecule has 1 saturated carbocycles. The van der Waals surface area contributed by atoms with E-state index in [4.69, 9.17) is 0 Å². The molecule has 0 aromatic rings. The van der Waals surface area contributed by atoms with Crippen LogP contribution >= 0.6 is 0 Å². The summed E-state index contributed by atoms with van der Waals surface area (Å²) in [6.45, 7) is 4.44. The van der Waals surface area contributed by atoms with E-state index in [1.54, 1.807) is 6.92 Å². The Morgan fingerprint density at radius 2 is 1.61 bits per heavy atom. The number of imide groups is 1. The van der Waals surface area contributed by atoms with Crippen LogP contribution in [-0.4, -0.2) is 66.9 Å². The molecular weight excluding hydrogens is 296 g/mol. The summed E-state index contributed by atoms with van der Waals surface area (Å²) in [4.78, 5) is 39.7. The molecule has 1 aliphatic carbocycles. The quantitative estimate of drug-likeness (QED) is 0.794. The zero-order chi connectivity index (χ0) is 16.8. The minimum Gasteiger partial charge on any atom is -0.341 e. The van der Waals surface area contributed by atoms with Gasteiger partial charge in [0.05, 0.1) is 6.04 Å². The van der Waals surface area contributed by atoms with E-state index in [0.29, 0.717) is 26.2 Å². The zero-order valence-electron chi connectivity index (χ0n) is 14.1. The highest BCUT2D eigenvalue weighted by Crippen LogP contribution is 2.25. The molecule has 0 bridgehead atoms. The van der Waals surface area contributed by atoms with Gasteiger partial charge in [0.25, 0.3) is 0 Å². The van der Waals surface area contributed by atoms with Gasteiger partial charge in [-0.2, -0.15) is 0 Å². The molecule has 1 aliphatic heterocycles. The van der Waals surface area contributed by atoms with Gasteiger partial charge in [-0.15, -0.1) is 0 Å². The number of rotatable bonds is 3. The molecule has 1 unspecified atom stereocenters. The summed E-state index contributed by atoms with van der Waals surface area (Å²) >= 11 is 0. The van der Waals surface area contributed by atoms with E-state index >= 15 is 0 Å². The molecule has 7 heteroatoms. The van der Waals surface area contributed by atoms with E-state index in [1.165, 1.54) is 13.5 Å². The second-order valence-electron chi connectivity index (χ2n) is 6.44. The Bertz CT molecular complexity index is 441. The van der Waals surface area contributed by atoms with E-state index in [-0.39, 0.29) is 23.8 Å². The number of amides is 4. The van der Waals surface area contributed by atoms with Gasteiger partial charge in [0.1, 0.15) is 0 Å². The van der Waals surface area contributed by atoms with Crippen LogP contribution < -0.4 is 10.6 Å². The Morgan fingerprint density at radius 1 is 1.00 bits per heavy atom. The maximum absolute atomic E-state index is 12.5. The van der Waals surface area contributed by atoms with Crippen LogP contribution in [0.4, 0.5) is 4.79 Å². The molecular formula is C16H28N4O3. The molecule has 1 atom stereocenters. The predicted octanol–water partition coefficient (Wildman–Crippen LogP) is 0.555. The molecule has 7 nitrogen and oxygen atoms in total. The van der Waals surface area contributed by atoms with E-state index in [0.717, 1.165) is 25.7 Å². The molecule has 2 N–H and O–H groups in total. The van der Waals surface area contributed by atoms with Crippen molar-refractivity contribution in [2.45, 2.75) is 45.1 Å². The minimum absolute atomic E-state index is 0.198. The van der Waals surface area contributed by atoms with Crippen LogP contribution in [0.3, 0.4) is 0 Å². The lowest BCUT2D eigenvalue weighted by atomic mass is 9.88. The van der Waals surface area contributed by atoms with E-state index in [9.17, 15) is 14.4 Å². The van der Waals surface area contributed by atoms with Crippen molar-refractivity contribution < 1.29 is 14.4 Å². The van der Waals surface area contributed by atoms with Crippen LogP contribution in [-0.2, 0) is 9.59 Å². The number of hydrogen-bond acceptors (Lipinski definition) is 4. The van der Waals surface area contributed by atoms with Crippen LogP contribution in [0.1, 0.15) is 39.0 Å². The first kappa shape index (κ1) is 17.7. The van der Waals surface area contributed by atoms with Crippen molar-refractivity contribution in [3.05, 3.63) is 0 Å². The van der Waals surface area contributed by atoms with Crippen molar-refractivity contribution in [2.24, 2.45) is 5.92 Å². The third kappa shape index (κ3) is 4.67. The molecule has 1 saturated heterocycles.